The molecule has 2 heterocycles. The Morgan fingerprint density at radius 2 is 2.00 bits per heavy atom. The van der Waals surface area contributed by atoms with E-state index in [9.17, 15) is 14.4 Å². The van der Waals surface area contributed by atoms with Crippen molar-refractivity contribution in [1.29, 1.82) is 0 Å². The van der Waals surface area contributed by atoms with Crippen molar-refractivity contribution in [2.24, 2.45) is 0 Å². The molecule has 120 valence electrons. The number of carbonyl (C=O) groups excluding carboxylic acids is 2. The molecule has 0 radical (unpaired) electrons. The molecule has 1 aliphatic rings. The van der Waals surface area contributed by atoms with Crippen LogP contribution < -0.4 is 5.43 Å². The second kappa shape index (κ2) is 5.87. The predicted octanol–water partition coefficient (Wildman–Crippen LogP) is 1.49. The Bertz CT molecular complexity index is 827. The molecule has 1 aromatic carbocycles. The van der Waals surface area contributed by atoms with Gasteiger partial charge in [-0.1, -0.05) is 12.1 Å². The van der Waals surface area contributed by atoms with E-state index in [1.54, 1.807) is 36.1 Å². The normalized spacial score (nSPS) is 18.5. The molecule has 3 rings (SSSR count). The van der Waals surface area contributed by atoms with Crippen LogP contribution in [0.3, 0.4) is 0 Å². The minimum Gasteiger partial charge on any atom is -0.451 e. The largest absolute Gasteiger partial charge is 0.451 e. The van der Waals surface area contributed by atoms with Crippen LogP contribution in [0.2, 0.25) is 0 Å². The zero-order chi connectivity index (χ0) is 16.6. The number of rotatable bonds is 2. The maximum Gasteiger partial charge on any atom is 0.290 e. The summed E-state index contributed by atoms with van der Waals surface area (Å²) < 4.78 is 5.58. The summed E-state index contributed by atoms with van der Waals surface area (Å²) >= 11 is 0. The van der Waals surface area contributed by atoms with Crippen LogP contribution >= 0.6 is 0 Å². The Morgan fingerprint density at radius 1 is 1.26 bits per heavy atom. The first-order valence-corrected chi connectivity index (χ1v) is 7.65. The van der Waals surface area contributed by atoms with Gasteiger partial charge in [-0.25, -0.2) is 0 Å². The van der Waals surface area contributed by atoms with E-state index in [0.29, 0.717) is 30.6 Å². The second-order valence-electron chi connectivity index (χ2n) is 5.56. The number of fused-ring (bicyclic) bond motifs is 1. The molecule has 1 atom stereocenters. The average molecular weight is 314 g/mol. The summed E-state index contributed by atoms with van der Waals surface area (Å²) in [7, 11) is 0. The zero-order valence-corrected chi connectivity index (χ0v) is 13.1. The van der Waals surface area contributed by atoms with Crippen molar-refractivity contribution >= 4 is 22.8 Å². The first kappa shape index (κ1) is 15.3. The second-order valence-corrected chi connectivity index (χ2v) is 5.56. The Kier molecular flexibility index (Phi) is 3.90. The van der Waals surface area contributed by atoms with E-state index >= 15 is 0 Å². The number of para-hydroxylation sites is 1. The highest BCUT2D eigenvalue weighted by molar-refractivity contribution is 5.97. The number of hydrogen-bond acceptors (Lipinski definition) is 4. The van der Waals surface area contributed by atoms with Crippen molar-refractivity contribution in [3.05, 3.63) is 46.3 Å². The Balaban J connectivity index is 1.95. The third-order valence-electron chi connectivity index (χ3n) is 4.24. The summed E-state index contributed by atoms with van der Waals surface area (Å²) in [6, 6.07) is 7.43. The van der Waals surface area contributed by atoms with Crippen LogP contribution in [0.4, 0.5) is 0 Å². The SMILES string of the molecule is CCN1CCN(C(=O)c2cc(=O)c3ccccc3o2)[C@@H](C)C1=O. The molecule has 1 fully saturated rings. The van der Waals surface area contributed by atoms with Gasteiger partial charge in [0.2, 0.25) is 5.91 Å². The van der Waals surface area contributed by atoms with Crippen molar-refractivity contribution in [2.75, 3.05) is 19.6 Å². The van der Waals surface area contributed by atoms with Gasteiger partial charge in [-0.05, 0) is 26.0 Å². The van der Waals surface area contributed by atoms with E-state index in [-0.39, 0.29) is 17.1 Å². The molecule has 0 bridgehead atoms. The molecule has 0 unspecified atom stereocenters. The summed E-state index contributed by atoms with van der Waals surface area (Å²) in [6.45, 7) is 5.14. The maximum absolute atomic E-state index is 12.7. The highest BCUT2D eigenvalue weighted by atomic mass is 16.3. The Morgan fingerprint density at radius 3 is 2.74 bits per heavy atom. The lowest BCUT2D eigenvalue weighted by molar-refractivity contribution is -0.139. The molecule has 1 aromatic heterocycles. The molecule has 2 amide bonds. The number of piperazine rings is 1. The highest BCUT2D eigenvalue weighted by Crippen LogP contribution is 2.17. The van der Waals surface area contributed by atoms with Gasteiger partial charge in [-0.15, -0.1) is 0 Å². The third kappa shape index (κ3) is 2.60. The molecule has 0 spiro atoms. The molecule has 1 saturated heterocycles. The molecule has 6 heteroatoms. The van der Waals surface area contributed by atoms with Crippen LogP contribution in [0, 0.1) is 0 Å². The van der Waals surface area contributed by atoms with Gasteiger partial charge < -0.3 is 14.2 Å². The number of benzene rings is 1. The monoisotopic (exact) mass is 314 g/mol. The van der Waals surface area contributed by atoms with E-state index in [1.807, 2.05) is 6.92 Å². The fourth-order valence-electron chi connectivity index (χ4n) is 2.87. The Hall–Kier alpha value is -2.63. The van der Waals surface area contributed by atoms with Crippen LogP contribution in [0.15, 0.2) is 39.5 Å². The lowest BCUT2D eigenvalue weighted by Crippen LogP contribution is -2.57. The molecule has 1 aliphatic heterocycles. The summed E-state index contributed by atoms with van der Waals surface area (Å²) in [5, 5.41) is 0.434. The number of hydrogen-bond donors (Lipinski definition) is 0. The van der Waals surface area contributed by atoms with Gasteiger partial charge in [0.1, 0.15) is 11.6 Å². The fourth-order valence-corrected chi connectivity index (χ4v) is 2.87. The zero-order valence-electron chi connectivity index (χ0n) is 13.1. The van der Waals surface area contributed by atoms with Gasteiger partial charge in [0.05, 0.1) is 5.39 Å². The van der Waals surface area contributed by atoms with E-state index < -0.39 is 11.9 Å². The van der Waals surface area contributed by atoms with E-state index in [2.05, 4.69) is 0 Å². The van der Waals surface area contributed by atoms with Crippen molar-refractivity contribution < 1.29 is 14.0 Å². The quantitative estimate of drug-likeness (QED) is 0.842. The molecular formula is C17H18N2O4. The highest BCUT2D eigenvalue weighted by Gasteiger charge is 2.35. The van der Waals surface area contributed by atoms with Crippen molar-refractivity contribution in [1.82, 2.24) is 9.80 Å². The summed E-state index contributed by atoms with van der Waals surface area (Å²) in [4.78, 5) is 40.2. The Labute approximate surface area is 133 Å². The van der Waals surface area contributed by atoms with Crippen LogP contribution in [-0.2, 0) is 4.79 Å². The van der Waals surface area contributed by atoms with Gasteiger partial charge >= 0.3 is 0 Å². The van der Waals surface area contributed by atoms with Crippen LogP contribution in [0.1, 0.15) is 24.4 Å². The van der Waals surface area contributed by atoms with Gasteiger partial charge in [-0.2, -0.15) is 0 Å². The number of carbonyl (C=O) groups is 2. The average Bonchev–Trinajstić information content (AvgIpc) is 2.56. The van der Waals surface area contributed by atoms with Gasteiger partial charge in [0.25, 0.3) is 5.91 Å². The topological polar surface area (TPSA) is 70.8 Å². The lowest BCUT2D eigenvalue weighted by atomic mass is 10.1. The van der Waals surface area contributed by atoms with E-state index in [4.69, 9.17) is 4.42 Å². The number of likely N-dealkylation sites (N-methyl/N-ethyl adjacent to an activating group) is 1. The minimum absolute atomic E-state index is 0.0294. The smallest absolute Gasteiger partial charge is 0.290 e. The standard InChI is InChI=1S/C17H18N2O4/c1-3-18-8-9-19(11(2)16(18)21)17(22)15-10-13(20)12-6-4-5-7-14(12)23-15/h4-7,10-11H,3,8-9H2,1-2H3/t11-/m0/s1. The minimum atomic E-state index is -0.562. The molecule has 0 saturated carbocycles. The molecular weight excluding hydrogens is 296 g/mol. The summed E-state index contributed by atoms with van der Waals surface area (Å²) in [5.74, 6) is -0.544. The summed E-state index contributed by atoms with van der Waals surface area (Å²) in [6.07, 6.45) is 0. The van der Waals surface area contributed by atoms with Crippen LogP contribution in [0.25, 0.3) is 11.0 Å². The van der Waals surface area contributed by atoms with Crippen molar-refractivity contribution in [3.63, 3.8) is 0 Å². The first-order chi connectivity index (χ1) is 11.0. The molecule has 6 nitrogen and oxygen atoms in total. The number of amides is 2. The van der Waals surface area contributed by atoms with Gasteiger partial charge in [0, 0.05) is 25.7 Å². The summed E-state index contributed by atoms with van der Waals surface area (Å²) in [5.41, 5.74) is 0.107. The van der Waals surface area contributed by atoms with Crippen LogP contribution in [-0.4, -0.2) is 47.3 Å². The predicted molar refractivity (Wildman–Crippen MR) is 85.2 cm³/mol. The molecule has 0 aliphatic carbocycles. The lowest BCUT2D eigenvalue weighted by Gasteiger charge is -2.38. The van der Waals surface area contributed by atoms with E-state index in [1.165, 1.54) is 11.0 Å². The van der Waals surface area contributed by atoms with Gasteiger partial charge in [0.15, 0.2) is 11.2 Å². The molecule has 23 heavy (non-hydrogen) atoms. The van der Waals surface area contributed by atoms with Crippen molar-refractivity contribution in [3.8, 4) is 0 Å². The van der Waals surface area contributed by atoms with Gasteiger partial charge in [-0.3, -0.25) is 14.4 Å². The number of nitrogens with zero attached hydrogens (tertiary/aromatic N) is 2. The van der Waals surface area contributed by atoms with E-state index in [0.717, 1.165) is 0 Å². The third-order valence-corrected chi connectivity index (χ3v) is 4.24. The first-order valence-electron chi connectivity index (χ1n) is 7.65. The fraction of sp³-hybridized carbons (Fsp3) is 0.353. The molecule has 2 aromatic rings. The van der Waals surface area contributed by atoms with Crippen molar-refractivity contribution in [2.45, 2.75) is 19.9 Å². The molecule has 0 N–H and O–H groups in total. The van der Waals surface area contributed by atoms with Crippen LogP contribution in [0.5, 0.6) is 0 Å². The maximum atomic E-state index is 12.7.